The number of ether oxygens (including phenoxy) is 1. The maximum atomic E-state index is 11.0. The number of nitrogens with two attached hydrogens (primary N) is 1. The molecular weight excluding hydrogens is 252 g/mol. The van der Waals surface area contributed by atoms with Crippen molar-refractivity contribution in [1.29, 1.82) is 0 Å². The third-order valence-electron chi connectivity index (χ3n) is 3.00. The second-order valence-corrected chi connectivity index (χ2v) is 4.62. The summed E-state index contributed by atoms with van der Waals surface area (Å²) in [6.07, 6.45) is 0. The van der Waals surface area contributed by atoms with E-state index in [-0.39, 0.29) is 0 Å². The van der Waals surface area contributed by atoms with E-state index in [0.717, 1.165) is 23.4 Å². The van der Waals surface area contributed by atoms with Crippen LogP contribution in [0.15, 0.2) is 42.5 Å². The Morgan fingerprint density at radius 2 is 1.90 bits per heavy atom. The average Bonchev–Trinajstić information content (AvgIpc) is 2.43. The maximum Gasteiger partial charge on any atom is 0.248 e. The number of carbonyl (C=O) groups excluding carboxylic acids is 1. The fourth-order valence-electron chi connectivity index (χ4n) is 1.88. The number of amides is 1. The van der Waals surface area contributed by atoms with Crippen LogP contribution in [0.3, 0.4) is 0 Å². The van der Waals surface area contributed by atoms with Gasteiger partial charge < -0.3 is 15.8 Å². The second-order valence-electron chi connectivity index (χ2n) is 4.62. The smallest absolute Gasteiger partial charge is 0.248 e. The largest absolute Gasteiger partial charge is 0.457 e. The van der Waals surface area contributed by atoms with Crippen LogP contribution < -0.4 is 15.8 Å². The van der Waals surface area contributed by atoms with Gasteiger partial charge in [0, 0.05) is 12.1 Å². The fraction of sp³-hybridized carbons (Fsp3) is 0.188. The lowest BCUT2D eigenvalue weighted by atomic mass is 10.1. The Morgan fingerprint density at radius 3 is 2.50 bits per heavy atom. The van der Waals surface area contributed by atoms with Crippen molar-refractivity contribution in [2.24, 2.45) is 5.73 Å². The molecule has 0 aromatic heterocycles. The fourth-order valence-corrected chi connectivity index (χ4v) is 1.88. The van der Waals surface area contributed by atoms with E-state index in [1.54, 1.807) is 24.3 Å². The normalized spacial score (nSPS) is 10.3. The van der Waals surface area contributed by atoms with Gasteiger partial charge in [0.25, 0.3) is 0 Å². The molecule has 20 heavy (non-hydrogen) atoms. The van der Waals surface area contributed by atoms with Crippen LogP contribution in [0.4, 0.5) is 0 Å². The van der Waals surface area contributed by atoms with E-state index in [1.165, 1.54) is 0 Å². The Kier molecular flexibility index (Phi) is 4.38. The Labute approximate surface area is 118 Å². The Morgan fingerprint density at radius 1 is 1.20 bits per heavy atom. The van der Waals surface area contributed by atoms with Gasteiger partial charge in [0.2, 0.25) is 5.91 Å². The molecule has 0 aliphatic heterocycles. The average molecular weight is 270 g/mol. The number of benzene rings is 2. The zero-order chi connectivity index (χ0) is 14.5. The van der Waals surface area contributed by atoms with Crippen molar-refractivity contribution in [3.05, 3.63) is 59.2 Å². The van der Waals surface area contributed by atoms with Crippen molar-refractivity contribution in [1.82, 2.24) is 5.32 Å². The van der Waals surface area contributed by atoms with Crippen LogP contribution in [0.25, 0.3) is 0 Å². The molecular formula is C16H18N2O2. The first kappa shape index (κ1) is 14.1. The lowest BCUT2D eigenvalue weighted by Crippen LogP contribution is -2.10. The molecule has 2 rings (SSSR count). The number of hydrogen-bond acceptors (Lipinski definition) is 3. The highest BCUT2D eigenvalue weighted by atomic mass is 16.5. The third-order valence-corrected chi connectivity index (χ3v) is 3.00. The van der Waals surface area contributed by atoms with Crippen molar-refractivity contribution in [2.75, 3.05) is 7.05 Å². The number of hydrogen-bond donors (Lipinski definition) is 2. The minimum Gasteiger partial charge on any atom is -0.457 e. The van der Waals surface area contributed by atoms with E-state index in [4.69, 9.17) is 10.5 Å². The van der Waals surface area contributed by atoms with Crippen molar-refractivity contribution in [2.45, 2.75) is 13.5 Å². The molecule has 4 heteroatoms. The first-order valence-electron chi connectivity index (χ1n) is 6.42. The molecule has 0 saturated carbocycles. The van der Waals surface area contributed by atoms with Gasteiger partial charge >= 0.3 is 0 Å². The minimum atomic E-state index is -0.441. The van der Waals surface area contributed by atoms with E-state index in [0.29, 0.717) is 11.3 Å². The van der Waals surface area contributed by atoms with Gasteiger partial charge in [0.15, 0.2) is 0 Å². The predicted molar refractivity (Wildman–Crippen MR) is 79.0 cm³/mol. The lowest BCUT2D eigenvalue weighted by Gasteiger charge is -2.11. The van der Waals surface area contributed by atoms with Gasteiger partial charge in [0.05, 0.1) is 0 Å². The van der Waals surface area contributed by atoms with Crippen LogP contribution in [-0.2, 0) is 6.54 Å². The summed E-state index contributed by atoms with van der Waals surface area (Å²) in [5.74, 6) is 1.05. The highest BCUT2D eigenvalue weighted by Crippen LogP contribution is 2.26. The summed E-state index contributed by atoms with van der Waals surface area (Å²) < 4.78 is 5.85. The molecule has 0 spiro atoms. The first-order valence-corrected chi connectivity index (χ1v) is 6.42. The van der Waals surface area contributed by atoms with Gasteiger partial charge in [-0.05, 0) is 55.4 Å². The van der Waals surface area contributed by atoms with Gasteiger partial charge in [0.1, 0.15) is 11.5 Å². The van der Waals surface area contributed by atoms with E-state index >= 15 is 0 Å². The molecule has 0 aliphatic carbocycles. The maximum absolute atomic E-state index is 11.0. The third kappa shape index (κ3) is 3.36. The van der Waals surface area contributed by atoms with Crippen molar-refractivity contribution >= 4 is 5.91 Å². The Bertz CT molecular complexity index is 606. The standard InChI is InChI=1S/C16H18N2O2/c1-11-3-4-12(10-18-2)9-15(11)20-14-7-5-13(6-8-14)16(17)19/h3-9,18H,10H2,1-2H3,(H2,17,19). The summed E-state index contributed by atoms with van der Waals surface area (Å²) in [4.78, 5) is 11.0. The molecule has 0 atom stereocenters. The van der Waals surface area contributed by atoms with E-state index in [9.17, 15) is 4.79 Å². The molecule has 0 aliphatic rings. The van der Waals surface area contributed by atoms with Gasteiger partial charge in [-0.1, -0.05) is 12.1 Å². The number of primary amides is 1. The molecule has 2 aromatic carbocycles. The summed E-state index contributed by atoms with van der Waals surface area (Å²) in [7, 11) is 1.91. The summed E-state index contributed by atoms with van der Waals surface area (Å²) in [6, 6.07) is 12.9. The molecule has 3 N–H and O–H groups in total. The van der Waals surface area contributed by atoms with Gasteiger partial charge in [-0.2, -0.15) is 0 Å². The molecule has 0 radical (unpaired) electrons. The van der Waals surface area contributed by atoms with E-state index in [1.807, 2.05) is 26.1 Å². The van der Waals surface area contributed by atoms with Crippen molar-refractivity contribution in [3.8, 4) is 11.5 Å². The monoisotopic (exact) mass is 270 g/mol. The van der Waals surface area contributed by atoms with Gasteiger partial charge in [-0.3, -0.25) is 4.79 Å². The molecule has 0 bridgehead atoms. The topological polar surface area (TPSA) is 64.3 Å². The number of nitrogens with one attached hydrogen (secondary N) is 1. The molecule has 104 valence electrons. The summed E-state index contributed by atoms with van der Waals surface area (Å²) in [5.41, 5.74) is 7.89. The number of carbonyl (C=O) groups is 1. The summed E-state index contributed by atoms with van der Waals surface area (Å²) in [6.45, 7) is 2.79. The SMILES string of the molecule is CNCc1ccc(C)c(Oc2ccc(C(N)=O)cc2)c1. The zero-order valence-electron chi connectivity index (χ0n) is 11.6. The number of rotatable bonds is 5. The summed E-state index contributed by atoms with van der Waals surface area (Å²) in [5, 5.41) is 3.11. The Balaban J connectivity index is 2.20. The molecule has 2 aromatic rings. The predicted octanol–water partition coefficient (Wildman–Crippen LogP) is 2.61. The molecule has 0 fully saturated rings. The molecule has 0 unspecified atom stereocenters. The Hall–Kier alpha value is -2.33. The van der Waals surface area contributed by atoms with Crippen LogP contribution in [0.2, 0.25) is 0 Å². The quantitative estimate of drug-likeness (QED) is 0.877. The first-order chi connectivity index (χ1) is 9.60. The zero-order valence-corrected chi connectivity index (χ0v) is 11.6. The second kappa shape index (κ2) is 6.21. The van der Waals surface area contributed by atoms with E-state index < -0.39 is 5.91 Å². The van der Waals surface area contributed by atoms with Crippen molar-refractivity contribution in [3.63, 3.8) is 0 Å². The van der Waals surface area contributed by atoms with Crippen LogP contribution in [0.5, 0.6) is 11.5 Å². The van der Waals surface area contributed by atoms with E-state index in [2.05, 4.69) is 11.4 Å². The highest BCUT2D eigenvalue weighted by Gasteiger charge is 2.05. The molecule has 4 nitrogen and oxygen atoms in total. The molecule has 0 heterocycles. The van der Waals surface area contributed by atoms with Gasteiger partial charge in [-0.25, -0.2) is 0 Å². The van der Waals surface area contributed by atoms with Gasteiger partial charge in [-0.15, -0.1) is 0 Å². The van der Waals surface area contributed by atoms with Crippen LogP contribution >= 0.6 is 0 Å². The highest BCUT2D eigenvalue weighted by molar-refractivity contribution is 5.92. The van der Waals surface area contributed by atoms with Crippen molar-refractivity contribution < 1.29 is 9.53 Å². The minimum absolute atomic E-state index is 0.441. The molecule has 1 amide bonds. The van der Waals surface area contributed by atoms with Crippen LogP contribution in [0, 0.1) is 6.92 Å². The lowest BCUT2D eigenvalue weighted by molar-refractivity contribution is 0.100. The van der Waals surface area contributed by atoms with Crippen LogP contribution in [0.1, 0.15) is 21.5 Å². The molecule has 0 saturated heterocycles. The van der Waals surface area contributed by atoms with Crippen LogP contribution in [-0.4, -0.2) is 13.0 Å². The summed E-state index contributed by atoms with van der Waals surface area (Å²) >= 11 is 0. The number of aryl methyl sites for hydroxylation is 1.